The van der Waals surface area contributed by atoms with Gasteiger partial charge in [0.05, 0.1) is 32.7 Å². The summed E-state index contributed by atoms with van der Waals surface area (Å²) in [5.41, 5.74) is 5.37. The van der Waals surface area contributed by atoms with E-state index in [9.17, 15) is 9.59 Å². The molecule has 0 radical (unpaired) electrons. The largest absolute Gasteiger partial charge is 0.360 e. The van der Waals surface area contributed by atoms with Gasteiger partial charge in [-0.15, -0.1) is 0 Å². The molecule has 2 amide bonds. The minimum Gasteiger partial charge on any atom is -0.360 e. The fourth-order valence-corrected chi connectivity index (χ4v) is 3.90. The highest BCUT2D eigenvalue weighted by Gasteiger charge is 2.23. The maximum atomic E-state index is 12.3. The topological polar surface area (TPSA) is 65.9 Å². The molecule has 1 saturated heterocycles. The van der Waals surface area contributed by atoms with E-state index in [2.05, 4.69) is 47.6 Å². The third-order valence-corrected chi connectivity index (χ3v) is 6.20. The molecule has 0 aliphatic carbocycles. The van der Waals surface area contributed by atoms with E-state index in [1.807, 2.05) is 6.92 Å². The molecule has 0 saturated carbocycles. The van der Waals surface area contributed by atoms with Crippen molar-refractivity contribution in [1.82, 2.24) is 5.32 Å². The summed E-state index contributed by atoms with van der Waals surface area (Å²) < 4.78 is 0. The SMILES string of the molecule is Cc1cccc(N2CC[NH+](CC(=O)NCC(=O)Nc3cccc(Cl)c3C)CC2)c1C. The van der Waals surface area contributed by atoms with Crippen LogP contribution in [0.5, 0.6) is 0 Å². The average Bonchev–Trinajstić information content (AvgIpc) is 2.73. The molecule has 2 aromatic carbocycles. The molecule has 2 aromatic rings. The van der Waals surface area contributed by atoms with Crippen LogP contribution < -0.4 is 20.4 Å². The quantitative estimate of drug-likeness (QED) is 0.655. The number of hydrogen-bond acceptors (Lipinski definition) is 3. The van der Waals surface area contributed by atoms with Crippen LogP contribution in [0.4, 0.5) is 11.4 Å². The maximum absolute atomic E-state index is 12.3. The molecule has 3 rings (SSSR count). The van der Waals surface area contributed by atoms with Gasteiger partial charge in [-0.3, -0.25) is 9.59 Å². The summed E-state index contributed by atoms with van der Waals surface area (Å²) in [5, 5.41) is 6.11. The van der Waals surface area contributed by atoms with Crippen LogP contribution in [0, 0.1) is 20.8 Å². The molecule has 1 fully saturated rings. The van der Waals surface area contributed by atoms with Crippen LogP contribution in [0.25, 0.3) is 0 Å². The standard InChI is InChI=1S/C23H29ClN4O2/c1-16-6-4-9-21(17(16)2)28-12-10-27(11-13-28)15-23(30)25-14-22(29)26-20-8-5-7-19(24)18(20)3/h4-9H,10-15H2,1-3H3,(H,25,30)(H,26,29)/p+1. The first kappa shape index (κ1) is 22.1. The number of amides is 2. The third-order valence-electron chi connectivity index (χ3n) is 5.79. The van der Waals surface area contributed by atoms with E-state index >= 15 is 0 Å². The number of nitrogens with zero attached hydrogens (tertiary/aromatic N) is 1. The van der Waals surface area contributed by atoms with Crippen molar-refractivity contribution in [2.75, 3.05) is 49.5 Å². The van der Waals surface area contributed by atoms with Crippen LogP contribution in [0.2, 0.25) is 5.02 Å². The summed E-state index contributed by atoms with van der Waals surface area (Å²) in [6, 6.07) is 11.7. The Morgan fingerprint density at radius 2 is 1.70 bits per heavy atom. The number of anilines is 2. The molecule has 0 unspecified atom stereocenters. The Labute approximate surface area is 183 Å². The lowest BCUT2D eigenvalue weighted by molar-refractivity contribution is -0.892. The van der Waals surface area contributed by atoms with E-state index in [4.69, 9.17) is 11.6 Å². The summed E-state index contributed by atoms with van der Waals surface area (Å²) >= 11 is 6.07. The Balaban J connectivity index is 1.42. The first-order chi connectivity index (χ1) is 14.3. The van der Waals surface area contributed by atoms with Gasteiger partial charge in [-0.05, 0) is 55.7 Å². The minimum atomic E-state index is -0.261. The lowest BCUT2D eigenvalue weighted by Gasteiger charge is -2.34. The fourth-order valence-electron chi connectivity index (χ4n) is 3.72. The van der Waals surface area contributed by atoms with E-state index in [-0.39, 0.29) is 18.4 Å². The Morgan fingerprint density at radius 3 is 2.43 bits per heavy atom. The second-order valence-electron chi connectivity index (χ2n) is 7.87. The molecule has 0 bridgehead atoms. The molecular weight excluding hydrogens is 400 g/mol. The van der Waals surface area contributed by atoms with Gasteiger partial charge in [0.1, 0.15) is 0 Å². The second kappa shape index (κ2) is 9.96. The van der Waals surface area contributed by atoms with Gasteiger partial charge in [0, 0.05) is 16.4 Å². The molecule has 0 atom stereocenters. The smallest absolute Gasteiger partial charge is 0.275 e. The van der Waals surface area contributed by atoms with Crippen molar-refractivity contribution >= 4 is 34.8 Å². The zero-order valence-corrected chi connectivity index (χ0v) is 18.6. The Hall–Kier alpha value is -2.57. The van der Waals surface area contributed by atoms with E-state index in [0.717, 1.165) is 31.7 Å². The average molecular weight is 430 g/mol. The number of aryl methyl sites for hydroxylation is 1. The van der Waals surface area contributed by atoms with Crippen LogP contribution in [-0.2, 0) is 9.59 Å². The fraction of sp³-hybridized carbons (Fsp3) is 0.391. The number of quaternary nitrogens is 1. The highest BCUT2D eigenvalue weighted by Crippen LogP contribution is 2.23. The van der Waals surface area contributed by atoms with Crippen LogP contribution in [0.1, 0.15) is 16.7 Å². The van der Waals surface area contributed by atoms with Crippen molar-refractivity contribution in [3.8, 4) is 0 Å². The van der Waals surface area contributed by atoms with Crippen molar-refractivity contribution in [2.45, 2.75) is 20.8 Å². The molecule has 3 N–H and O–H groups in total. The number of piperazine rings is 1. The zero-order chi connectivity index (χ0) is 21.7. The number of nitrogens with one attached hydrogen (secondary N) is 3. The van der Waals surface area contributed by atoms with Crippen LogP contribution in [0.3, 0.4) is 0 Å². The van der Waals surface area contributed by atoms with Gasteiger partial charge in [-0.2, -0.15) is 0 Å². The third kappa shape index (κ3) is 5.52. The van der Waals surface area contributed by atoms with Crippen molar-refractivity contribution in [2.24, 2.45) is 0 Å². The monoisotopic (exact) mass is 429 g/mol. The Kier molecular flexibility index (Phi) is 7.34. The lowest BCUT2D eigenvalue weighted by atomic mass is 10.1. The number of carbonyl (C=O) groups excluding carboxylic acids is 2. The Bertz CT molecular complexity index is 923. The number of rotatable bonds is 6. The molecule has 1 aliphatic heterocycles. The predicted molar refractivity (Wildman–Crippen MR) is 122 cm³/mol. The summed E-state index contributed by atoms with van der Waals surface area (Å²) in [6.45, 7) is 10.1. The minimum absolute atomic E-state index is 0.0489. The number of hydrogen-bond donors (Lipinski definition) is 3. The maximum Gasteiger partial charge on any atom is 0.275 e. The van der Waals surface area contributed by atoms with Gasteiger partial charge in [0.25, 0.3) is 5.91 Å². The first-order valence-electron chi connectivity index (χ1n) is 10.3. The van der Waals surface area contributed by atoms with Crippen LogP contribution in [-0.4, -0.2) is 51.1 Å². The van der Waals surface area contributed by atoms with Gasteiger partial charge in [0.15, 0.2) is 6.54 Å². The number of halogens is 1. The molecule has 7 heteroatoms. The first-order valence-corrected chi connectivity index (χ1v) is 10.7. The van der Waals surface area contributed by atoms with Gasteiger partial charge in [-0.1, -0.05) is 29.8 Å². The van der Waals surface area contributed by atoms with Crippen molar-refractivity contribution in [1.29, 1.82) is 0 Å². The highest BCUT2D eigenvalue weighted by molar-refractivity contribution is 6.31. The summed E-state index contributed by atoms with van der Waals surface area (Å²) in [4.78, 5) is 28.1. The number of carbonyl (C=O) groups is 2. The van der Waals surface area contributed by atoms with Gasteiger partial charge in [-0.25, -0.2) is 0 Å². The summed E-state index contributed by atoms with van der Waals surface area (Å²) in [7, 11) is 0. The zero-order valence-electron chi connectivity index (χ0n) is 17.8. The summed E-state index contributed by atoms with van der Waals surface area (Å²) in [5.74, 6) is -0.369. The molecule has 0 aromatic heterocycles. The van der Waals surface area contributed by atoms with Gasteiger partial charge < -0.3 is 20.4 Å². The lowest BCUT2D eigenvalue weighted by Crippen LogP contribution is -3.16. The predicted octanol–water partition coefficient (Wildman–Crippen LogP) is 1.73. The molecule has 1 aliphatic rings. The van der Waals surface area contributed by atoms with E-state index < -0.39 is 0 Å². The Morgan fingerprint density at radius 1 is 1.00 bits per heavy atom. The molecule has 1 heterocycles. The number of benzene rings is 2. The van der Waals surface area contributed by atoms with E-state index in [1.54, 1.807) is 18.2 Å². The van der Waals surface area contributed by atoms with Gasteiger partial charge >= 0.3 is 0 Å². The van der Waals surface area contributed by atoms with Gasteiger partial charge in [0.2, 0.25) is 5.91 Å². The van der Waals surface area contributed by atoms with Crippen LogP contribution >= 0.6 is 11.6 Å². The highest BCUT2D eigenvalue weighted by atomic mass is 35.5. The van der Waals surface area contributed by atoms with Crippen molar-refractivity contribution in [3.05, 3.63) is 58.1 Å². The van der Waals surface area contributed by atoms with Crippen molar-refractivity contribution < 1.29 is 14.5 Å². The molecular formula is C23H30ClN4O2+. The molecule has 6 nitrogen and oxygen atoms in total. The van der Waals surface area contributed by atoms with Crippen LogP contribution in [0.15, 0.2) is 36.4 Å². The second-order valence-corrected chi connectivity index (χ2v) is 8.28. The summed E-state index contributed by atoms with van der Waals surface area (Å²) in [6.07, 6.45) is 0. The van der Waals surface area contributed by atoms with E-state index in [1.165, 1.54) is 21.7 Å². The normalized spacial score (nSPS) is 14.5. The van der Waals surface area contributed by atoms with E-state index in [0.29, 0.717) is 17.3 Å². The molecule has 160 valence electrons. The van der Waals surface area contributed by atoms with Crippen molar-refractivity contribution in [3.63, 3.8) is 0 Å². The molecule has 0 spiro atoms. The molecule has 30 heavy (non-hydrogen) atoms.